The maximum absolute atomic E-state index is 10.7. The molecule has 1 aromatic heterocycles. The standard InChI is InChI=1S/C10H9NO2/c1-7(12)13-10-4-2-3-8-5-11-6-9(8)10/h2-6,11H,1H3. The van der Waals surface area contributed by atoms with E-state index in [4.69, 9.17) is 4.74 Å². The number of ether oxygens (including phenoxy) is 1. The summed E-state index contributed by atoms with van der Waals surface area (Å²) in [6.07, 6.45) is 3.68. The van der Waals surface area contributed by atoms with E-state index in [1.165, 1.54) is 6.92 Å². The van der Waals surface area contributed by atoms with Crippen molar-refractivity contribution in [2.75, 3.05) is 0 Å². The molecule has 0 bridgehead atoms. The van der Waals surface area contributed by atoms with Gasteiger partial charge in [0, 0.05) is 30.1 Å². The van der Waals surface area contributed by atoms with Gasteiger partial charge in [0.15, 0.2) is 0 Å². The highest BCUT2D eigenvalue weighted by Gasteiger charge is 2.03. The van der Waals surface area contributed by atoms with Gasteiger partial charge in [-0.2, -0.15) is 0 Å². The maximum atomic E-state index is 10.7. The summed E-state index contributed by atoms with van der Waals surface area (Å²) >= 11 is 0. The molecule has 0 aliphatic heterocycles. The topological polar surface area (TPSA) is 42.1 Å². The van der Waals surface area contributed by atoms with E-state index < -0.39 is 0 Å². The van der Waals surface area contributed by atoms with Crippen LogP contribution in [0.15, 0.2) is 30.6 Å². The van der Waals surface area contributed by atoms with E-state index in [1.54, 1.807) is 6.07 Å². The van der Waals surface area contributed by atoms with Crippen molar-refractivity contribution in [3.8, 4) is 5.75 Å². The first-order chi connectivity index (χ1) is 6.27. The monoisotopic (exact) mass is 175 g/mol. The van der Waals surface area contributed by atoms with Crippen LogP contribution in [0.5, 0.6) is 5.75 Å². The number of benzene rings is 1. The number of H-pyrrole nitrogens is 1. The van der Waals surface area contributed by atoms with Crippen molar-refractivity contribution in [3.63, 3.8) is 0 Å². The zero-order valence-electron chi connectivity index (χ0n) is 7.20. The summed E-state index contributed by atoms with van der Waals surface area (Å²) in [5.41, 5.74) is 0. The van der Waals surface area contributed by atoms with Crippen molar-refractivity contribution < 1.29 is 9.53 Å². The Morgan fingerprint density at radius 1 is 1.38 bits per heavy atom. The van der Waals surface area contributed by atoms with Gasteiger partial charge >= 0.3 is 5.97 Å². The Morgan fingerprint density at radius 2 is 2.23 bits per heavy atom. The molecule has 0 saturated heterocycles. The van der Waals surface area contributed by atoms with Crippen molar-refractivity contribution in [3.05, 3.63) is 30.6 Å². The van der Waals surface area contributed by atoms with Gasteiger partial charge in [-0.1, -0.05) is 12.1 Å². The molecule has 13 heavy (non-hydrogen) atoms. The van der Waals surface area contributed by atoms with Gasteiger partial charge in [0.1, 0.15) is 5.75 Å². The van der Waals surface area contributed by atoms with Gasteiger partial charge in [0.05, 0.1) is 0 Å². The van der Waals surface area contributed by atoms with Crippen molar-refractivity contribution in [1.29, 1.82) is 0 Å². The van der Waals surface area contributed by atoms with E-state index in [2.05, 4.69) is 4.98 Å². The van der Waals surface area contributed by atoms with Gasteiger partial charge in [0.2, 0.25) is 0 Å². The van der Waals surface area contributed by atoms with Crippen LogP contribution in [0, 0.1) is 0 Å². The molecule has 0 fully saturated rings. The maximum Gasteiger partial charge on any atom is 0.308 e. The Morgan fingerprint density at radius 3 is 3.00 bits per heavy atom. The van der Waals surface area contributed by atoms with Crippen LogP contribution >= 0.6 is 0 Å². The van der Waals surface area contributed by atoms with E-state index in [0.717, 1.165) is 10.8 Å². The second-order valence-electron chi connectivity index (χ2n) is 2.81. The SMILES string of the molecule is CC(=O)Oc1cccc2c[nH]cc12. The summed E-state index contributed by atoms with van der Waals surface area (Å²) in [4.78, 5) is 13.7. The predicted molar refractivity (Wildman–Crippen MR) is 49.6 cm³/mol. The molecule has 0 amide bonds. The van der Waals surface area contributed by atoms with Gasteiger partial charge in [0.25, 0.3) is 0 Å². The largest absolute Gasteiger partial charge is 0.426 e. The molecule has 1 heterocycles. The highest BCUT2D eigenvalue weighted by molar-refractivity contribution is 5.89. The fraction of sp³-hybridized carbons (Fsp3) is 0.100. The Kier molecular flexibility index (Phi) is 1.77. The van der Waals surface area contributed by atoms with Crippen molar-refractivity contribution in [2.45, 2.75) is 6.92 Å². The van der Waals surface area contributed by atoms with Gasteiger partial charge in [-0.15, -0.1) is 0 Å². The molecule has 1 N–H and O–H groups in total. The number of carbonyl (C=O) groups is 1. The van der Waals surface area contributed by atoms with Crippen molar-refractivity contribution >= 4 is 16.7 Å². The lowest BCUT2D eigenvalue weighted by molar-refractivity contribution is -0.131. The van der Waals surface area contributed by atoms with Crippen LogP contribution < -0.4 is 4.74 Å². The summed E-state index contributed by atoms with van der Waals surface area (Å²) < 4.78 is 5.03. The predicted octanol–water partition coefficient (Wildman–Crippen LogP) is 2.09. The molecule has 3 nitrogen and oxygen atoms in total. The molecule has 0 radical (unpaired) electrons. The summed E-state index contributed by atoms with van der Waals surface area (Å²) in [7, 11) is 0. The summed E-state index contributed by atoms with van der Waals surface area (Å²) in [6.45, 7) is 1.39. The van der Waals surface area contributed by atoms with Crippen molar-refractivity contribution in [2.24, 2.45) is 0 Å². The molecule has 3 heteroatoms. The van der Waals surface area contributed by atoms with Crippen LogP contribution in [0.3, 0.4) is 0 Å². The summed E-state index contributed by atoms with van der Waals surface area (Å²) in [5, 5.41) is 1.97. The lowest BCUT2D eigenvalue weighted by Crippen LogP contribution is -2.01. The zero-order chi connectivity index (χ0) is 9.26. The first kappa shape index (κ1) is 7.86. The summed E-state index contributed by atoms with van der Waals surface area (Å²) in [5.74, 6) is 0.306. The number of carbonyl (C=O) groups excluding carboxylic acids is 1. The van der Waals surface area contributed by atoms with Gasteiger partial charge in [-0.3, -0.25) is 4.79 Å². The molecule has 66 valence electrons. The first-order valence-corrected chi connectivity index (χ1v) is 4.01. The molecular weight excluding hydrogens is 166 g/mol. The average Bonchev–Trinajstić information content (AvgIpc) is 2.51. The van der Waals surface area contributed by atoms with E-state index in [0.29, 0.717) is 5.75 Å². The van der Waals surface area contributed by atoms with Gasteiger partial charge in [-0.05, 0) is 6.07 Å². The molecule has 1 aromatic carbocycles. The van der Waals surface area contributed by atoms with Crippen LogP contribution in [0.25, 0.3) is 10.8 Å². The normalized spacial score (nSPS) is 10.2. The highest BCUT2D eigenvalue weighted by Crippen LogP contribution is 2.24. The van der Waals surface area contributed by atoms with Crippen LogP contribution in [-0.2, 0) is 4.79 Å². The van der Waals surface area contributed by atoms with Crippen molar-refractivity contribution in [1.82, 2.24) is 4.98 Å². The number of hydrogen-bond donors (Lipinski definition) is 1. The molecule has 2 aromatic rings. The minimum atomic E-state index is -0.297. The molecule has 0 aliphatic rings. The third kappa shape index (κ3) is 1.40. The number of nitrogens with one attached hydrogen (secondary N) is 1. The van der Waals surface area contributed by atoms with E-state index in [-0.39, 0.29) is 5.97 Å². The smallest absolute Gasteiger partial charge is 0.308 e. The second kappa shape index (κ2) is 2.94. The molecule has 0 aliphatic carbocycles. The number of hydrogen-bond acceptors (Lipinski definition) is 2. The molecule has 0 saturated carbocycles. The van der Waals surface area contributed by atoms with Gasteiger partial charge < -0.3 is 9.72 Å². The quantitative estimate of drug-likeness (QED) is 0.532. The molecule has 0 spiro atoms. The third-order valence-electron chi connectivity index (χ3n) is 1.82. The fourth-order valence-electron chi connectivity index (χ4n) is 1.30. The number of aromatic amines is 1. The van der Waals surface area contributed by atoms with Crippen LogP contribution in [0.2, 0.25) is 0 Å². The van der Waals surface area contributed by atoms with Crippen LogP contribution in [-0.4, -0.2) is 11.0 Å². The zero-order valence-corrected chi connectivity index (χ0v) is 7.20. The second-order valence-corrected chi connectivity index (χ2v) is 2.81. The Bertz CT molecular complexity index is 445. The summed E-state index contributed by atoms with van der Waals surface area (Å²) in [6, 6.07) is 5.59. The third-order valence-corrected chi connectivity index (χ3v) is 1.82. The first-order valence-electron chi connectivity index (χ1n) is 4.01. The van der Waals surface area contributed by atoms with E-state index in [1.807, 2.05) is 24.5 Å². The lowest BCUT2D eigenvalue weighted by atomic mass is 10.2. The highest BCUT2D eigenvalue weighted by atomic mass is 16.5. The number of rotatable bonds is 1. The minimum Gasteiger partial charge on any atom is -0.426 e. The Labute approximate surface area is 75.3 Å². The Balaban J connectivity index is 2.54. The number of fused-ring (bicyclic) bond motifs is 1. The fourth-order valence-corrected chi connectivity index (χ4v) is 1.30. The minimum absolute atomic E-state index is 0.297. The molecule has 0 unspecified atom stereocenters. The average molecular weight is 175 g/mol. The molecule has 2 rings (SSSR count). The number of aromatic nitrogens is 1. The van der Waals surface area contributed by atoms with E-state index in [9.17, 15) is 4.79 Å². The lowest BCUT2D eigenvalue weighted by Gasteiger charge is -2.01. The van der Waals surface area contributed by atoms with E-state index >= 15 is 0 Å². The Hall–Kier alpha value is -1.77. The molecular formula is C10H9NO2. The van der Waals surface area contributed by atoms with Crippen LogP contribution in [0.1, 0.15) is 6.92 Å². The van der Waals surface area contributed by atoms with Crippen LogP contribution in [0.4, 0.5) is 0 Å². The number of esters is 1. The van der Waals surface area contributed by atoms with Gasteiger partial charge in [-0.25, -0.2) is 0 Å². The molecule has 0 atom stereocenters.